The Morgan fingerprint density at radius 3 is 1.36 bits per heavy atom. The number of unbranched alkanes of at least 4 members (excludes halogenated alkanes) is 28. The van der Waals surface area contributed by atoms with Crippen molar-refractivity contribution in [3.63, 3.8) is 0 Å². The Bertz CT molecular complexity index is 1160. The molecule has 2 rings (SSSR count). The van der Waals surface area contributed by atoms with Gasteiger partial charge in [-0.1, -0.05) is 187 Å². The predicted molar refractivity (Wildman–Crippen MR) is 261 cm³/mol. The normalized spacial score (nSPS) is 26.1. The number of esters is 1. The molecule has 0 aliphatic carbocycles. The molecule has 0 aromatic rings. The lowest BCUT2D eigenvalue weighted by Gasteiger charge is -2.42. The Balaban J connectivity index is 1.74. The lowest BCUT2D eigenvalue weighted by molar-refractivity contribution is -0.332. The average Bonchev–Trinajstić information content (AvgIpc) is 3.32. The summed E-state index contributed by atoms with van der Waals surface area (Å²) in [5.74, 6) is -0.380. The molecule has 2 saturated heterocycles. The van der Waals surface area contributed by atoms with Crippen LogP contribution in [0.2, 0.25) is 0 Å². The summed E-state index contributed by atoms with van der Waals surface area (Å²) in [6.45, 7) is 3.71. The zero-order valence-electron chi connectivity index (χ0n) is 42.2. The van der Waals surface area contributed by atoms with E-state index in [9.17, 15) is 40.5 Å². The van der Waals surface area contributed by atoms with Crippen molar-refractivity contribution < 1.29 is 69.0 Å². The molecule has 2 aliphatic rings. The van der Waals surface area contributed by atoms with Crippen molar-refractivity contribution in [1.82, 2.24) is 0 Å². The SMILES string of the molecule is CCCCCCCC/C=C\CCCCCCCC(=O)OC(COCCCCCCCCCCCCCCCCCCCC)COC1OC(COC2OC(CO)C(O)C(O)C2O)C(O)C(O)C1O. The number of aliphatic hydroxyl groups is 7. The second-order valence-corrected chi connectivity index (χ2v) is 19.4. The number of ether oxygens (including phenoxy) is 6. The molecule has 2 heterocycles. The molecule has 0 aromatic heterocycles. The van der Waals surface area contributed by atoms with E-state index in [0.29, 0.717) is 13.0 Å². The van der Waals surface area contributed by atoms with Crippen LogP contribution in [0, 0.1) is 0 Å². The molecule has 67 heavy (non-hydrogen) atoms. The number of hydrogen-bond donors (Lipinski definition) is 7. The highest BCUT2D eigenvalue weighted by Crippen LogP contribution is 2.27. The van der Waals surface area contributed by atoms with E-state index < -0.39 is 80.7 Å². The zero-order valence-corrected chi connectivity index (χ0v) is 42.2. The highest BCUT2D eigenvalue weighted by molar-refractivity contribution is 5.69. The van der Waals surface area contributed by atoms with Crippen LogP contribution >= 0.6 is 0 Å². The number of aliphatic hydroxyl groups excluding tert-OH is 7. The summed E-state index contributed by atoms with van der Waals surface area (Å²) in [6.07, 6.45) is 27.0. The number of carbonyl (C=O) groups excluding carboxylic acids is 1. The Morgan fingerprint density at radius 2 is 0.881 bits per heavy atom. The van der Waals surface area contributed by atoms with Gasteiger partial charge in [-0.15, -0.1) is 0 Å². The van der Waals surface area contributed by atoms with Crippen molar-refractivity contribution in [2.24, 2.45) is 0 Å². The first kappa shape index (κ1) is 61.8. The molecule has 0 amide bonds. The second-order valence-electron chi connectivity index (χ2n) is 19.4. The van der Waals surface area contributed by atoms with Gasteiger partial charge in [0.05, 0.1) is 26.4 Å². The monoisotopic (exact) mass is 961 g/mol. The lowest BCUT2D eigenvalue weighted by Crippen LogP contribution is -2.61. The van der Waals surface area contributed by atoms with Gasteiger partial charge in [0.15, 0.2) is 12.6 Å². The molecule has 2 aliphatic heterocycles. The average molecular weight is 961 g/mol. The maximum atomic E-state index is 13.0. The predicted octanol–water partition coefficient (Wildman–Crippen LogP) is 8.63. The standard InChI is InChI=1S/C53H100O14/c1-3-5-7-9-11-13-15-17-19-20-21-23-25-27-29-31-33-35-37-62-39-42(65-45(55)36-34-32-30-28-26-24-22-18-16-14-12-10-8-6-4-2)40-63-52-51(61)49(59)47(57)44(67-52)41-64-53-50(60)48(58)46(56)43(38-54)66-53/h18,22,42-44,46-54,56-61H,3-17,19-21,23-41H2,1-2H3/b22-18-. The third-order valence-electron chi connectivity index (χ3n) is 13.3. The Kier molecular flexibility index (Phi) is 38.2. The van der Waals surface area contributed by atoms with E-state index in [4.69, 9.17) is 28.4 Å². The van der Waals surface area contributed by atoms with E-state index in [-0.39, 0.29) is 25.6 Å². The van der Waals surface area contributed by atoms with Gasteiger partial charge in [0, 0.05) is 13.0 Å². The smallest absolute Gasteiger partial charge is 0.306 e. The van der Waals surface area contributed by atoms with E-state index in [0.717, 1.165) is 57.8 Å². The highest BCUT2D eigenvalue weighted by atomic mass is 16.7. The summed E-state index contributed by atoms with van der Waals surface area (Å²) in [4.78, 5) is 13.0. The van der Waals surface area contributed by atoms with Crippen LogP contribution < -0.4 is 0 Å². The maximum absolute atomic E-state index is 13.0. The lowest BCUT2D eigenvalue weighted by atomic mass is 9.98. The molecule has 7 N–H and O–H groups in total. The van der Waals surface area contributed by atoms with Gasteiger partial charge in [-0.3, -0.25) is 4.79 Å². The van der Waals surface area contributed by atoms with E-state index in [1.165, 1.54) is 135 Å². The molecule has 0 aromatic carbocycles. The number of rotatable bonds is 44. The molecule has 0 bridgehead atoms. The van der Waals surface area contributed by atoms with Gasteiger partial charge in [0.1, 0.15) is 54.9 Å². The first-order valence-electron chi connectivity index (χ1n) is 27.3. The van der Waals surface area contributed by atoms with Crippen molar-refractivity contribution in [2.45, 2.75) is 287 Å². The van der Waals surface area contributed by atoms with Crippen molar-refractivity contribution in [3.8, 4) is 0 Å². The van der Waals surface area contributed by atoms with E-state index in [1.807, 2.05) is 0 Å². The Labute approximate surface area is 405 Å². The number of carbonyl (C=O) groups is 1. The summed E-state index contributed by atoms with van der Waals surface area (Å²) in [7, 11) is 0. The third-order valence-corrected chi connectivity index (χ3v) is 13.3. The molecular formula is C53H100O14. The van der Waals surface area contributed by atoms with Crippen LogP contribution in [-0.2, 0) is 33.2 Å². The quantitative estimate of drug-likeness (QED) is 0.0173. The highest BCUT2D eigenvalue weighted by Gasteiger charge is 2.47. The summed E-state index contributed by atoms with van der Waals surface area (Å²) < 4.78 is 34.3. The molecule has 14 nitrogen and oxygen atoms in total. The van der Waals surface area contributed by atoms with Gasteiger partial charge < -0.3 is 64.2 Å². The van der Waals surface area contributed by atoms with Crippen molar-refractivity contribution in [3.05, 3.63) is 12.2 Å². The van der Waals surface area contributed by atoms with Gasteiger partial charge in [-0.2, -0.15) is 0 Å². The van der Waals surface area contributed by atoms with Crippen LogP contribution in [0.15, 0.2) is 12.2 Å². The maximum Gasteiger partial charge on any atom is 0.306 e. The molecule has 0 radical (unpaired) electrons. The molecule has 2 fully saturated rings. The van der Waals surface area contributed by atoms with E-state index in [2.05, 4.69) is 26.0 Å². The van der Waals surface area contributed by atoms with Gasteiger partial charge in [0.25, 0.3) is 0 Å². The molecule has 396 valence electrons. The molecule has 14 heteroatoms. The Morgan fingerprint density at radius 1 is 0.478 bits per heavy atom. The molecule has 0 spiro atoms. The van der Waals surface area contributed by atoms with Crippen LogP contribution in [0.4, 0.5) is 0 Å². The molecular weight excluding hydrogens is 861 g/mol. The first-order chi connectivity index (χ1) is 32.6. The van der Waals surface area contributed by atoms with Gasteiger partial charge in [-0.05, 0) is 38.5 Å². The summed E-state index contributed by atoms with van der Waals surface area (Å²) in [6, 6.07) is 0. The second kappa shape index (κ2) is 41.4. The topological polar surface area (TPSA) is 214 Å². The van der Waals surface area contributed by atoms with Crippen molar-refractivity contribution in [1.29, 1.82) is 0 Å². The summed E-state index contributed by atoms with van der Waals surface area (Å²) in [5.41, 5.74) is 0. The van der Waals surface area contributed by atoms with Gasteiger partial charge >= 0.3 is 5.97 Å². The van der Waals surface area contributed by atoms with Gasteiger partial charge in [-0.25, -0.2) is 0 Å². The minimum Gasteiger partial charge on any atom is -0.457 e. The fraction of sp³-hybridized carbons (Fsp3) is 0.943. The fourth-order valence-electron chi connectivity index (χ4n) is 8.81. The minimum atomic E-state index is -1.70. The fourth-order valence-corrected chi connectivity index (χ4v) is 8.81. The van der Waals surface area contributed by atoms with Crippen molar-refractivity contribution >= 4 is 5.97 Å². The van der Waals surface area contributed by atoms with E-state index >= 15 is 0 Å². The Hall–Kier alpha value is -1.27. The first-order valence-corrected chi connectivity index (χ1v) is 27.3. The van der Waals surface area contributed by atoms with Crippen molar-refractivity contribution in [2.75, 3.05) is 33.0 Å². The van der Waals surface area contributed by atoms with Crippen LogP contribution in [-0.4, -0.2) is 142 Å². The van der Waals surface area contributed by atoms with Crippen LogP contribution in [0.5, 0.6) is 0 Å². The van der Waals surface area contributed by atoms with E-state index in [1.54, 1.807) is 0 Å². The minimum absolute atomic E-state index is 0.0642. The number of allylic oxidation sites excluding steroid dienone is 2. The van der Waals surface area contributed by atoms with Crippen LogP contribution in [0.1, 0.15) is 219 Å². The largest absolute Gasteiger partial charge is 0.457 e. The molecule has 0 saturated carbocycles. The van der Waals surface area contributed by atoms with Crippen LogP contribution in [0.3, 0.4) is 0 Å². The zero-order chi connectivity index (χ0) is 48.7. The number of hydrogen-bond acceptors (Lipinski definition) is 14. The summed E-state index contributed by atoms with van der Waals surface area (Å²) in [5, 5.41) is 72.2. The van der Waals surface area contributed by atoms with Gasteiger partial charge in [0.2, 0.25) is 0 Å². The summed E-state index contributed by atoms with van der Waals surface area (Å²) >= 11 is 0. The van der Waals surface area contributed by atoms with Crippen LogP contribution in [0.25, 0.3) is 0 Å². The molecule has 11 unspecified atom stereocenters. The third kappa shape index (κ3) is 29.0. The molecule has 11 atom stereocenters.